The van der Waals surface area contributed by atoms with Crippen molar-refractivity contribution in [2.45, 2.75) is 46.5 Å². The van der Waals surface area contributed by atoms with Crippen molar-refractivity contribution < 1.29 is 13.9 Å². The Morgan fingerprint density at radius 2 is 2.00 bits per heavy atom. The predicted octanol–water partition coefficient (Wildman–Crippen LogP) is 4.04. The molecule has 1 aliphatic heterocycles. The molecule has 1 amide bonds. The van der Waals surface area contributed by atoms with Gasteiger partial charge in [-0.2, -0.15) is 5.10 Å². The number of ether oxygens (including phenoxy) is 1. The fourth-order valence-corrected chi connectivity index (χ4v) is 4.37. The highest BCUT2D eigenvalue weighted by Gasteiger charge is 2.24. The third kappa shape index (κ3) is 4.86. The van der Waals surface area contributed by atoms with E-state index in [0.29, 0.717) is 31.7 Å². The summed E-state index contributed by atoms with van der Waals surface area (Å²) in [6.45, 7) is 8.02. The van der Waals surface area contributed by atoms with Crippen LogP contribution in [0.5, 0.6) is 5.75 Å². The molecule has 3 heterocycles. The van der Waals surface area contributed by atoms with Crippen LogP contribution in [0.1, 0.15) is 41.9 Å². The summed E-state index contributed by atoms with van der Waals surface area (Å²) in [4.78, 5) is 19.5. The maximum atomic E-state index is 13.0. The second-order valence-electron chi connectivity index (χ2n) is 8.43. The van der Waals surface area contributed by atoms with Crippen LogP contribution < -0.4 is 4.74 Å². The highest BCUT2D eigenvalue weighted by Crippen LogP contribution is 2.21. The van der Waals surface area contributed by atoms with Gasteiger partial charge in [0.2, 0.25) is 5.91 Å². The van der Waals surface area contributed by atoms with Gasteiger partial charge in [-0.25, -0.2) is 13.9 Å². The van der Waals surface area contributed by atoms with E-state index in [2.05, 4.69) is 10.1 Å². The Morgan fingerprint density at radius 3 is 2.77 bits per heavy atom. The van der Waals surface area contributed by atoms with Gasteiger partial charge >= 0.3 is 0 Å². The molecule has 0 N–H and O–H groups in total. The highest BCUT2D eigenvalue weighted by atomic mass is 19.1. The number of nitrogens with zero attached hydrogens (tertiary/aromatic N) is 4. The van der Waals surface area contributed by atoms with E-state index in [9.17, 15) is 9.18 Å². The minimum atomic E-state index is -0.274. The quantitative estimate of drug-likeness (QED) is 0.599. The van der Waals surface area contributed by atoms with E-state index in [4.69, 9.17) is 4.74 Å². The molecule has 2 aromatic heterocycles. The van der Waals surface area contributed by atoms with Crippen molar-refractivity contribution in [1.82, 2.24) is 19.5 Å². The third-order valence-electron chi connectivity index (χ3n) is 6.05. The summed E-state index contributed by atoms with van der Waals surface area (Å²) in [6.07, 6.45) is 3.12. The molecule has 0 unspecified atom stereocenters. The van der Waals surface area contributed by atoms with Gasteiger partial charge in [0.15, 0.2) is 5.65 Å². The van der Waals surface area contributed by atoms with Crippen molar-refractivity contribution in [3.05, 3.63) is 58.8 Å². The van der Waals surface area contributed by atoms with E-state index >= 15 is 0 Å². The van der Waals surface area contributed by atoms with Crippen LogP contribution in [0.25, 0.3) is 5.65 Å². The number of hydrogen-bond donors (Lipinski definition) is 0. The summed E-state index contributed by atoms with van der Waals surface area (Å²) in [7, 11) is 0. The molecule has 4 rings (SSSR count). The molecule has 0 spiro atoms. The second-order valence-corrected chi connectivity index (χ2v) is 8.43. The van der Waals surface area contributed by atoms with Crippen molar-refractivity contribution in [3.63, 3.8) is 0 Å². The summed E-state index contributed by atoms with van der Waals surface area (Å²) in [5, 5.41) is 4.52. The lowest BCUT2D eigenvalue weighted by Crippen LogP contribution is -2.41. The van der Waals surface area contributed by atoms with E-state index in [-0.39, 0.29) is 17.6 Å². The first kappa shape index (κ1) is 21.3. The molecular weight excluding hydrogens is 395 g/mol. The smallest absolute Gasteiger partial charge is 0.222 e. The van der Waals surface area contributed by atoms with Gasteiger partial charge in [0.05, 0.1) is 12.3 Å². The SMILES string of the molecule is Cc1cc2nc(C)c(CCC(=O)N3CCC[C@@H](COc4ccc(F)cc4)C3)c(C)n2n1. The van der Waals surface area contributed by atoms with Crippen LogP contribution in [0.2, 0.25) is 0 Å². The molecule has 164 valence electrons. The average Bonchev–Trinajstić information content (AvgIpc) is 3.13. The molecule has 31 heavy (non-hydrogen) atoms. The van der Waals surface area contributed by atoms with Gasteiger partial charge in [-0.15, -0.1) is 0 Å². The summed E-state index contributed by atoms with van der Waals surface area (Å²) >= 11 is 0. The lowest BCUT2D eigenvalue weighted by atomic mass is 9.98. The largest absolute Gasteiger partial charge is 0.493 e. The van der Waals surface area contributed by atoms with Crippen LogP contribution >= 0.6 is 0 Å². The van der Waals surface area contributed by atoms with E-state index < -0.39 is 0 Å². The van der Waals surface area contributed by atoms with Crippen molar-refractivity contribution in [2.75, 3.05) is 19.7 Å². The number of aromatic nitrogens is 3. The number of benzene rings is 1. The standard InChI is InChI=1S/C24H29FN4O2/c1-16-13-23-26-17(2)22(18(3)29(23)27-16)10-11-24(30)28-12-4-5-19(14-28)15-31-21-8-6-20(25)7-9-21/h6-9,13,19H,4-5,10-12,14-15H2,1-3H3/t19-/m1/s1. The molecule has 0 saturated carbocycles. The number of likely N-dealkylation sites (tertiary alicyclic amines) is 1. The van der Waals surface area contributed by atoms with Crippen LogP contribution in [0.4, 0.5) is 4.39 Å². The molecule has 3 aromatic rings. The normalized spacial score (nSPS) is 16.6. The van der Waals surface area contributed by atoms with Crippen molar-refractivity contribution in [2.24, 2.45) is 5.92 Å². The summed E-state index contributed by atoms with van der Waals surface area (Å²) in [6, 6.07) is 8.03. The Hall–Kier alpha value is -2.96. The Balaban J connectivity index is 1.34. The van der Waals surface area contributed by atoms with E-state index in [1.807, 2.05) is 36.3 Å². The highest BCUT2D eigenvalue weighted by molar-refractivity contribution is 5.76. The van der Waals surface area contributed by atoms with Gasteiger partial charge in [0.1, 0.15) is 11.6 Å². The molecule has 1 aromatic carbocycles. The molecule has 7 heteroatoms. The Morgan fingerprint density at radius 1 is 1.23 bits per heavy atom. The van der Waals surface area contributed by atoms with Gasteiger partial charge < -0.3 is 9.64 Å². The second kappa shape index (κ2) is 9.04. The maximum absolute atomic E-state index is 13.0. The minimum absolute atomic E-state index is 0.169. The lowest BCUT2D eigenvalue weighted by molar-refractivity contribution is -0.133. The molecule has 1 saturated heterocycles. The molecule has 1 atom stereocenters. The number of rotatable bonds is 6. The van der Waals surface area contributed by atoms with E-state index in [0.717, 1.165) is 47.7 Å². The van der Waals surface area contributed by atoms with Crippen molar-refractivity contribution in [1.29, 1.82) is 0 Å². The topological polar surface area (TPSA) is 59.7 Å². The summed E-state index contributed by atoms with van der Waals surface area (Å²) in [5.41, 5.74) is 4.89. The third-order valence-corrected chi connectivity index (χ3v) is 6.05. The average molecular weight is 425 g/mol. The molecule has 0 bridgehead atoms. The van der Waals surface area contributed by atoms with E-state index in [1.165, 1.54) is 12.1 Å². The Bertz CT molecular complexity index is 1080. The number of piperidine rings is 1. The first-order valence-corrected chi connectivity index (χ1v) is 10.9. The first-order chi connectivity index (χ1) is 14.9. The van der Waals surface area contributed by atoms with Crippen LogP contribution in [-0.4, -0.2) is 45.1 Å². The van der Waals surface area contributed by atoms with E-state index in [1.54, 1.807) is 12.1 Å². The molecule has 0 aliphatic carbocycles. The number of halogens is 1. The number of fused-ring (bicyclic) bond motifs is 1. The predicted molar refractivity (Wildman–Crippen MR) is 117 cm³/mol. The van der Waals surface area contributed by atoms with Crippen LogP contribution in [-0.2, 0) is 11.2 Å². The fraction of sp³-hybridized carbons (Fsp3) is 0.458. The summed E-state index contributed by atoms with van der Waals surface area (Å²) < 4.78 is 20.7. The number of amides is 1. The zero-order valence-electron chi connectivity index (χ0n) is 18.4. The fourth-order valence-electron chi connectivity index (χ4n) is 4.37. The minimum Gasteiger partial charge on any atom is -0.493 e. The molecular formula is C24H29FN4O2. The lowest BCUT2D eigenvalue weighted by Gasteiger charge is -2.33. The van der Waals surface area contributed by atoms with Gasteiger partial charge in [0.25, 0.3) is 0 Å². The van der Waals surface area contributed by atoms with Gasteiger partial charge in [-0.1, -0.05) is 0 Å². The van der Waals surface area contributed by atoms with Gasteiger partial charge in [-0.3, -0.25) is 4.79 Å². The number of aryl methyl sites for hydroxylation is 3. The van der Waals surface area contributed by atoms with Crippen LogP contribution in [0.15, 0.2) is 30.3 Å². The number of carbonyl (C=O) groups excluding carboxylic acids is 1. The Kier molecular flexibility index (Phi) is 6.20. The monoisotopic (exact) mass is 424 g/mol. The Labute approximate surface area is 182 Å². The molecule has 0 radical (unpaired) electrons. The van der Waals surface area contributed by atoms with Gasteiger partial charge in [0, 0.05) is 42.9 Å². The van der Waals surface area contributed by atoms with Crippen LogP contribution in [0, 0.1) is 32.5 Å². The summed E-state index contributed by atoms with van der Waals surface area (Å²) in [5.74, 6) is 0.843. The zero-order valence-corrected chi connectivity index (χ0v) is 18.4. The molecule has 6 nitrogen and oxygen atoms in total. The molecule has 1 fully saturated rings. The zero-order chi connectivity index (χ0) is 22.0. The van der Waals surface area contributed by atoms with Crippen molar-refractivity contribution in [3.8, 4) is 5.75 Å². The van der Waals surface area contributed by atoms with Crippen molar-refractivity contribution >= 4 is 11.6 Å². The van der Waals surface area contributed by atoms with Gasteiger partial charge in [-0.05, 0) is 69.9 Å². The number of carbonyl (C=O) groups is 1. The van der Waals surface area contributed by atoms with Crippen LogP contribution in [0.3, 0.4) is 0 Å². The molecule has 1 aliphatic rings. The maximum Gasteiger partial charge on any atom is 0.222 e. The first-order valence-electron chi connectivity index (χ1n) is 10.9. The number of hydrogen-bond acceptors (Lipinski definition) is 4.